The zero-order chi connectivity index (χ0) is 16.0. The third-order valence-electron chi connectivity index (χ3n) is 2.20. The lowest BCUT2D eigenvalue weighted by Gasteiger charge is -2.06. The van der Waals surface area contributed by atoms with E-state index in [2.05, 4.69) is 5.32 Å². The summed E-state index contributed by atoms with van der Waals surface area (Å²) in [5.74, 6) is -2.67. The number of hydrogen-bond acceptors (Lipinski definition) is 5. The molecule has 0 aliphatic heterocycles. The third kappa shape index (κ3) is 5.45. The standard InChI is InChI=1S/C11H10ClN3O6/c12-7-1-6(2-8(3-7)15(20)21)11(19)14-4-9(16)13-5-10(17)18/h1-3H,4-5H2,(H,13,16)(H,14,19)(H,17,18). The average Bonchev–Trinajstić information content (AvgIpc) is 2.41. The van der Waals surface area contributed by atoms with Gasteiger partial charge < -0.3 is 15.7 Å². The van der Waals surface area contributed by atoms with Gasteiger partial charge in [0.05, 0.1) is 11.5 Å². The summed E-state index contributed by atoms with van der Waals surface area (Å²) < 4.78 is 0. The number of carbonyl (C=O) groups excluding carboxylic acids is 2. The number of rotatable bonds is 6. The summed E-state index contributed by atoms with van der Waals surface area (Å²) in [6.07, 6.45) is 0. The van der Waals surface area contributed by atoms with E-state index in [9.17, 15) is 24.5 Å². The molecular weight excluding hydrogens is 306 g/mol. The van der Waals surface area contributed by atoms with Crippen LogP contribution in [0, 0.1) is 10.1 Å². The summed E-state index contributed by atoms with van der Waals surface area (Å²) in [6, 6.07) is 3.30. The highest BCUT2D eigenvalue weighted by Crippen LogP contribution is 2.20. The van der Waals surface area contributed by atoms with Crippen molar-refractivity contribution in [1.82, 2.24) is 10.6 Å². The fourth-order valence-corrected chi connectivity index (χ4v) is 1.54. The minimum atomic E-state index is -1.22. The molecule has 0 saturated carbocycles. The van der Waals surface area contributed by atoms with E-state index in [0.717, 1.165) is 12.1 Å². The molecule has 0 heterocycles. The highest BCUT2D eigenvalue weighted by Gasteiger charge is 2.14. The van der Waals surface area contributed by atoms with Crippen molar-refractivity contribution in [3.63, 3.8) is 0 Å². The van der Waals surface area contributed by atoms with E-state index in [1.165, 1.54) is 6.07 Å². The number of nitro benzene ring substituents is 1. The van der Waals surface area contributed by atoms with E-state index in [1.54, 1.807) is 0 Å². The van der Waals surface area contributed by atoms with Gasteiger partial charge in [0.1, 0.15) is 6.54 Å². The summed E-state index contributed by atoms with van der Waals surface area (Å²) in [6.45, 7) is -1.04. The van der Waals surface area contributed by atoms with Crippen molar-refractivity contribution in [1.29, 1.82) is 0 Å². The number of hydrogen-bond donors (Lipinski definition) is 3. The van der Waals surface area contributed by atoms with Gasteiger partial charge in [-0.1, -0.05) is 11.6 Å². The SMILES string of the molecule is O=C(O)CNC(=O)CNC(=O)c1cc(Cl)cc([N+](=O)[O-])c1. The molecule has 0 aliphatic carbocycles. The van der Waals surface area contributed by atoms with Gasteiger partial charge in [-0.15, -0.1) is 0 Å². The lowest BCUT2D eigenvalue weighted by atomic mass is 10.2. The molecular formula is C11H10ClN3O6. The minimum absolute atomic E-state index is 0.00433. The van der Waals surface area contributed by atoms with Crippen LogP contribution in [0.25, 0.3) is 0 Å². The van der Waals surface area contributed by atoms with Crippen LogP contribution in [0.4, 0.5) is 5.69 Å². The maximum atomic E-state index is 11.7. The van der Waals surface area contributed by atoms with Gasteiger partial charge in [-0.25, -0.2) is 0 Å². The van der Waals surface area contributed by atoms with Crippen LogP contribution < -0.4 is 10.6 Å². The molecule has 2 amide bonds. The number of non-ortho nitro benzene ring substituents is 1. The first-order chi connectivity index (χ1) is 9.79. The lowest BCUT2D eigenvalue weighted by Crippen LogP contribution is -2.39. The van der Waals surface area contributed by atoms with Crippen LogP contribution in [0.5, 0.6) is 0 Å². The zero-order valence-electron chi connectivity index (χ0n) is 10.5. The van der Waals surface area contributed by atoms with Crippen molar-refractivity contribution in [3.8, 4) is 0 Å². The summed E-state index contributed by atoms with van der Waals surface area (Å²) in [7, 11) is 0. The molecule has 21 heavy (non-hydrogen) atoms. The normalized spacial score (nSPS) is 9.76. The first kappa shape index (κ1) is 16.4. The smallest absolute Gasteiger partial charge is 0.322 e. The second-order valence-electron chi connectivity index (χ2n) is 3.81. The Kier molecular flexibility index (Phi) is 5.61. The molecule has 0 bridgehead atoms. The lowest BCUT2D eigenvalue weighted by molar-refractivity contribution is -0.384. The van der Waals surface area contributed by atoms with Crippen LogP contribution in [0.1, 0.15) is 10.4 Å². The van der Waals surface area contributed by atoms with E-state index in [4.69, 9.17) is 16.7 Å². The van der Waals surface area contributed by atoms with Crippen molar-refractivity contribution in [2.45, 2.75) is 0 Å². The molecule has 1 aromatic rings. The molecule has 0 radical (unpaired) electrons. The number of benzene rings is 1. The number of nitrogens with zero attached hydrogens (tertiary/aromatic N) is 1. The van der Waals surface area contributed by atoms with Gasteiger partial charge in [-0.05, 0) is 6.07 Å². The first-order valence-corrected chi connectivity index (χ1v) is 5.89. The number of carboxylic acid groups (broad SMARTS) is 1. The number of carboxylic acids is 1. The van der Waals surface area contributed by atoms with E-state index in [-0.39, 0.29) is 16.3 Å². The molecule has 0 atom stereocenters. The monoisotopic (exact) mass is 315 g/mol. The molecule has 0 fully saturated rings. The maximum Gasteiger partial charge on any atom is 0.322 e. The van der Waals surface area contributed by atoms with Gasteiger partial charge in [0.15, 0.2) is 0 Å². The number of aliphatic carboxylic acids is 1. The molecule has 0 spiro atoms. The van der Waals surface area contributed by atoms with Crippen molar-refractivity contribution in [2.24, 2.45) is 0 Å². The number of amides is 2. The van der Waals surface area contributed by atoms with Crippen LogP contribution in [0.2, 0.25) is 5.02 Å². The van der Waals surface area contributed by atoms with Crippen molar-refractivity contribution in [2.75, 3.05) is 13.1 Å². The first-order valence-electron chi connectivity index (χ1n) is 5.51. The highest BCUT2D eigenvalue weighted by atomic mass is 35.5. The minimum Gasteiger partial charge on any atom is -0.480 e. The summed E-state index contributed by atoms with van der Waals surface area (Å²) in [4.78, 5) is 43.1. The Bertz CT molecular complexity index is 604. The predicted molar refractivity (Wildman–Crippen MR) is 71.1 cm³/mol. The second kappa shape index (κ2) is 7.20. The predicted octanol–water partition coefficient (Wildman–Crippen LogP) is 0.179. The molecule has 10 heteroatoms. The summed E-state index contributed by atoms with van der Waals surface area (Å²) in [5, 5.41) is 23.2. The Hall–Kier alpha value is -2.68. The average molecular weight is 316 g/mol. The fourth-order valence-electron chi connectivity index (χ4n) is 1.31. The molecule has 1 aromatic carbocycles. The van der Waals surface area contributed by atoms with E-state index < -0.39 is 35.8 Å². The Morgan fingerprint density at radius 2 is 1.86 bits per heavy atom. The van der Waals surface area contributed by atoms with Crippen molar-refractivity contribution >= 4 is 35.1 Å². The number of nitro groups is 1. The highest BCUT2D eigenvalue weighted by molar-refractivity contribution is 6.31. The Morgan fingerprint density at radius 3 is 2.43 bits per heavy atom. The Labute approximate surface area is 123 Å². The van der Waals surface area contributed by atoms with Crippen LogP contribution in [-0.2, 0) is 9.59 Å². The van der Waals surface area contributed by atoms with E-state index in [1.807, 2.05) is 5.32 Å². The maximum absolute atomic E-state index is 11.7. The molecule has 0 aliphatic rings. The van der Waals surface area contributed by atoms with E-state index >= 15 is 0 Å². The van der Waals surface area contributed by atoms with Crippen molar-refractivity contribution in [3.05, 3.63) is 38.9 Å². The molecule has 0 saturated heterocycles. The van der Waals surface area contributed by atoms with Gasteiger partial charge >= 0.3 is 5.97 Å². The molecule has 3 N–H and O–H groups in total. The zero-order valence-corrected chi connectivity index (χ0v) is 11.2. The van der Waals surface area contributed by atoms with Crippen LogP contribution in [-0.4, -0.2) is 40.9 Å². The topological polar surface area (TPSA) is 139 Å². The summed E-state index contributed by atoms with van der Waals surface area (Å²) in [5.41, 5.74) is -0.441. The van der Waals surface area contributed by atoms with Gasteiger partial charge in [0.25, 0.3) is 11.6 Å². The fraction of sp³-hybridized carbons (Fsp3) is 0.182. The number of carbonyl (C=O) groups is 3. The number of halogens is 1. The Morgan fingerprint density at radius 1 is 1.19 bits per heavy atom. The largest absolute Gasteiger partial charge is 0.480 e. The molecule has 9 nitrogen and oxygen atoms in total. The van der Waals surface area contributed by atoms with Crippen molar-refractivity contribution < 1.29 is 24.4 Å². The molecule has 0 aromatic heterocycles. The van der Waals surface area contributed by atoms with Crippen LogP contribution >= 0.6 is 11.6 Å². The van der Waals surface area contributed by atoms with Gasteiger partial charge in [-0.3, -0.25) is 24.5 Å². The van der Waals surface area contributed by atoms with E-state index in [0.29, 0.717) is 0 Å². The Balaban J connectivity index is 2.66. The molecule has 112 valence electrons. The second-order valence-corrected chi connectivity index (χ2v) is 4.24. The van der Waals surface area contributed by atoms with Gasteiger partial charge in [0, 0.05) is 22.7 Å². The van der Waals surface area contributed by atoms with Gasteiger partial charge in [-0.2, -0.15) is 0 Å². The van der Waals surface area contributed by atoms with Crippen LogP contribution in [0.3, 0.4) is 0 Å². The van der Waals surface area contributed by atoms with Gasteiger partial charge in [0.2, 0.25) is 5.91 Å². The molecule has 1 rings (SSSR count). The molecule has 0 unspecified atom stereocenters. The third-order valence-corrected chi connectivity index (χ3v) is 2.42. The quantitative estimate of drug-likeness (QED) is 0.505. The number of nitrogens with one attached hydrogen (secondary N) is 2. The summed E-state index contributed by atoms with van der Waals surface area (Å²) >= 11 is 5.66. The van der Waals surface area contributed by atoms with Crippen LogP contribution in [0.15, 0.2) is 18.2 Å².